The summed E-state index contributed by atoms with van der Waals surface area (Å²) >= 11 is 0. The molecule has 0 aliphatic carbocycles. The van der Waals surface area contributed by atoms with Crippen LogP contribution in [0, 0.1) is 0 Å². The standard InChI is InChI=1S/C12H14N2O3/c1-14(8-7-11(15)16-2)12-13-9-5-3-4-6-10(9)17-12/h3-6H,7-8H2,1-2H3. The smallest absolute Gasteiger partial charge is 0.307 e. The number of hydrogen-bond acceptors (Lipinski definition) is 5. The fraction of sp³-hybridized carbons (Fsp3) is 0.333. The van der Waals surface area contributed by atoms with E-state index in [2.05, 4.69) is 9.72 Å². The number of hydrogen-bond donors (Lipinski definition) is 0. The molecule has 0 bridgehead atoms. The van der Waals surface area contributed by atoms with Gasteiger partial charge in [0.15, 0.2) is 5.58 Å². The van der Waals surface area contributed by atoms with Crippen LogP contribution in [0.15, 0.2) is 28.7 Å². The molecule has 1 aromatic heterocycles. The number of para-hydroxylation sites is 2. The molecule has 0 aliphatic rings. The van der Waals surface area contributed by atoms with Gasteiger partial charge in [0, 0.05) is 13.6 Å². The normalized spacial score (nSPS) is 10.5. The first kappa shape index (κ1) is 11.4. The average Bonchev–Trinajstić information content (AvgIpc) is 2.79. The second-order valence-corrected chi connectivity index (χ2v) is 3.71. The van der Waals surface area contributed by atoms with Gasteiger partial charge in [-0.15, -0.1) is 0 Å². The van der Waals surface area contributed by atoms with Crippen molar-refractivity contribution in [2.24, 2.45) is 0 Å². The maximum Gasteiger partial charge on any atom is 0.307 e. The summed E-state index contributed by atoms with van der Waals surface area (Å²) < 4.78 is 10.1. The molecule has 0 N–H and O–H groups in total. The lowest BCUT2D eigenvalue weighted by Gasteiger charge is -2.12. The van der Waals surface area contributed by atoms with Crippen LogP contribution in [0.2, 0.25) is 0 Å². The van der Waals surface area contributed by atoms with Gasteiger partial charge in [-0.3, -0.25) is 4.79 Å². The average molecular weight is 234 g/mol. The van der Waals surface area contributed by atoms with E-state index in [4.69, 9.17) is 4.42 Å². The summed E-state index contributed by atoms with van der Waals surface area (Å²) in [4.78, 5) is 17.1. The maximum atomic E-state index is 11.0. The second-order valence-electron chi connectivity index (χ2n) is 3.71. The molecule has 0 spiro atoms. The van der Waals surface area contributed by atoms with E-state index >= 15 is 0 Å². The van der Waals surface area contributed by atoms with Crippen LogP contribution in [-0.4, -0.2) is 31.7 Å². The minimum absolute atomic E-state index is 0.243. The number of methoxy groups -OCH3 is 1. The number of rotatable bonds is 4. The first-order valence-corrected chi connectivity index (χ1v) is 5.34. The number of anilines is 1. The Morgan fingerprint density at radius 1 is 1.47 bits per heavy atom. The Bertz CT molecular complexity index is 488. The van der Waals surface area contributed by atoms with Crippen LogP contribution in [0.1, 0.15) is 6.42 Å². The van der Waals surface area contributed by atoms with Crippen molar-refractivity contribution in [3.05, 3.63) is 24.3 Å². The number of nitrogens with zero attached hydrogens (tertiary/aromatic N) is 2. The Kier molecular flexibility index (Phi) is 3.27. The van der Waals surface area contributed by atoms with Crippen molar-refractivity contribution < 1.29 is 13.9 Å². The molecular formula is C12H14N2O3. The molecule has 1 heterocycles. The van der Waals surface area contributed by atoms with Crippen LogP contribution < -0.4 is 4.90 Å². The van der Waals surface area contributed by atoms with E-state index in [1.165, 1.54) is 7.11 Å². The number of aromatic nitrogens is 1. The zero-order valence-corrected chi connectivity index (χ0v) is 9.84. The first-order chi connectivity index (χ1) is 8.20. The zero-order valence-electron chi connectivity index (χ0n) is 9.84. The molecule has 0 amide bonds. The third-order valence-electron chi connectivity index (χ3n) is 2.49. The monoisotopic (exact) mass is 234 g/mol. The molecule has 0 aliphatic heterocycles. The molecule has 90 valence electrons. The number of ether oxygens (including phenoxy) is 1. The Morgan fingerprint density at radius 3 is 2.94 bits per heavy atom. The van der Waals surface area contributed by atoms with Crippen molar-refractivity contribution in [2.75, 3.05) is 25.6 Å². The van der Waals surface area contributed by atoms with Gasteiger partial charge in [-0.05, 0) is 12.1 Å². The SMILES string of the molecule is COC(=O)CCN(C)c1nc2ccccc2o1. The van der Waals surface area contributed by atoms with Gasteiger partial charge in [0.25, 0.3) is 6.01 Å². The number of benzene rings is 1. The zero-order chi connectivity index (χ0) is 12.3. The highest BCUT2D eigenvalue weighted by molar-refractivity contribution is 5.74. The molecule has 5 heteroatoms. The summed E-state index contributed by atoms with van der Waals surface area (Å²) in [6, 6.07) is 8.06. The Labute approximate surface area is 99.0 Å². The minimum Gasteiger partial charge on any atom is -0.469 e. The lowest BCUT2D eigenvalue weighted by molar-refractivity contribution is -0.140. The summed E-state index contributed by atoms with van der Waals surface area (Å²) in [5.41, 5.74) is 1.56. The Morgan fingerprint density at radius 2 is 2.24 bits per heavy atom. The molecule has 0 saturated heterocycles. The lowest BCUT2D eigenvalue weighted by Crippen LogP contribution is -2.21. The van der Waals surface area contributed by atoms with Crippen LogP contribution >= 0.6 is 0 Å². The first-order valence-electron chi connectivity index (χ1n) is 5.34. The highest BCUT2D eigenvalue weighted by atomic mass is 16.5. The van der Waals surface area contributed by atoms with Crippen molar-refractivity contribution in [3.8, 4) is 0 Å². The van der Waals surface area contributed by atoms with Crippen LogP contribution in [0.5, 0.6) is 0 Å². The van der Waals surface area contributed by atoms with Gasteiger partial charge in [-0.25, -0.2) is 0 Å². The Balaban J connectivity index is 2.08. The topological polar surface area (TPSA) is 55.6 Å². The fourth-order valence-corrected chi connectivity index (χ4v) is 1.48. The van der Waals surface area contributed by atoms with Gasteiger partial charge in [0.2, 0.25) is 0 Å². The summed E-state index contributed by atoms with van der Waals surface area (Å²) in [5.74, 6) is -0.243. The van der Waals surface area contributed by atoms with Crippen LogP contribution in [0.3, 0.4) is 0 Å². The van der Waals surface area contributed by atoms with Gasteiger partial charge in [-0.1, -0.05) is 12.1 Å². The quantitative estimate of drug-likeness (QED) is 0.755. The van der Waals surface area contributed by atoms with Crippen molar-refractivity contribution in [1.29, 1.82) is 0 Å². The van der Waals surface area contributed by atoms with E-state index < -0.39 is 0 Å². The van der Waals surface area contributed by atoms with Crippen molar-refractivity contribution in [2.45, 2.75) is 6.42 Å². The number of oxazole rings is 1. The third kappa shape index (κ3) is 2.55. The van der Waals surface area contributed by atoms with Gasteiger partial charge >= 0.3 is 5.97 Å². The molecular weight excluding hydrogens is 220 g/mol. The summed E-state index contributed by atoms with van der Waals surface area (Å²) in [7, 11) is 3.20. The predicted octanol–water partition coefficient (Wildman–Crippen LogP) is 1.83. The molecule has 0 saturated carbocycles. The lowest BCUT2D eigenvalue weighted by atomic mass is 10.3. The van der Waals surface area contributed by atoms with Gasteiger partial charge < -0.3 is 14.1 Å². The van der Waals surface area contributed by atoms with Gasteiger partial charge in [0.05, 0.1) is 13.5 Å². The Hall–Kier alpha value is -2.04. The highest BCUT2D eigenvalue weighted by Crippen LogP contribution is 2.20. The maximum absolute atomic E-state index is 11.0. The molecule has 2 aromatic rings. The largest absolute Gasteiger partial charge is 0.469 e. The molecule has 0 atom stereocenters. The van der Waals surface area contributed by atoms with E-state index in [0.29, 0.717) is 19.0 Å². The molecule has 2 rings (SSSR count). The number of esters is 1. The number of fused-ring (bicyclic) bond motifs is 1. The van der Waals surface area contributed by atoms with E-state index in [-0.39, 0.29) is 5.97 Å². The molecule has 0 unspecified atom stereocenters. The van der Waals surface area contributed by atoms with Crippen molar-refractivity contribution >= 4 is 23.1 Å². The van der Waals surface area contributed by atoms with E-state index in [9.17, 15) is 4.79 Å². The van der Waals surface area contributed by atoms with Crippen LogP contribution in [0.25, 0.3) is 11.1 Å². The minimum atomic E-state index is -0.243. The van der Waals surface area contributed by atoms with Crippen molar-refractivity contribution in [1.82, 2.24) is 4.98 Å². The molecule has 0 fully saturated rings. The molecule has 5 nitrogen and oxygen atoms in total. The van der Waals surface area contributed by atoms with Gasteiger partial charge in [-0.2, -0.15) is 4.98 Å². The van der Waals surface area contributed by atoms with E-state index in [1.54, 1.807) is 4.90 Å². The highest BCUT2D eigenvalue weighted by Gasteiger charge is 2.11. The van der Waals surface area contributed by atoms with E-state index in [0.717, 1.165) is 11.1 Å². The van der Waals surface area contributed by atoms with E-state index in [1.807, 2.05) is 31.3 Å². The molecule has 0 radical (unpaired) electrons. The summed E-state index contributed by atoms with van der Waals surface area (Å²) in [6.07, 6.45) is 0.311. The summed E-state index contributed by atoms with van der Waals surface area (Å²) in [5, 5.41) is 0. The van der Waals surface area contributed by atoms with Gasteiger partial charge in [0.1, 0.15) is 5.52 Å². The molecule has 17 heavy (non-hydrogen) atoms. The second kappa shape index (κ2) is 4.86. The van der Waals surface area contributed by atoms with Crippen LogP contribution in [0.4, 0.5) is 6.01 Å². The predicted molar refractivity (Wildman–Crippen MR) is 63.9 cm³/mol. The third-order valence-corrected chi connectivity index (χ3v) is 2.49. The van der Waals surface area contributed by atoms with Crippen LogP contribution in [-0.2, 0) is 9.53 Å². The number of carbonyl (C=O) groups excluding carboxylic acids is 1. The number of carbonyl (C=O) groups is 1. The molecule has 1 aromatic carbocycles. The fourth-order valence-electron chi connectivity index (χ4n) is 1.48. The van der Waals surface area contributed by atoms with Crippen molar-refractivity contribution in [3.63, 3.8) is 0 Å². The summed E-state index contributed by atoms with van der Waals surface area (Å²) in [6.45, 7) is 0.513.